The molecule has 0 unspecified atom stereocenters. The number of nitrogens with two attached hydrogens (primary N) is 1. The number of urea groups is 1. The minimum absolute atomic E-state index is 0.0391. The van der Waals surface area contributed by atoms with Crippen molar-refractivity contribution >= 4 is 34.9 Å². The normalized spacial score (nSPS) is 15.3. The summed E-state index contributed by atoms with van der Waals surface area (Å²) in [4.78, 5) is 36.8. The third-order valence-electron chi connectivity index (χ3n) is 4.55. The first-order chi connectivity index (χ1) is 15.0. The fourth-order valence-electron chi connectivity index (χ4n) is 3.11. The van der Waals surface area contributed by atoms with Gasteiger partial charge in [0.05, 0.1) is 22.7 Å². The van der Waals surface area contributed by atoms with E-state index in [4.69, 9.17) is 10.5 Å². The Kier molecular flexibility index (Phi) is 7.65. The maximum absolute atomic E-state index is 12.7. The molecule has 0 bridgehead atoms. The lowest BCUT2D eigenvalue weighted by Crippen LogP contribution is -2.45. The molecular formula is C22H24N4O4S. The van der Waals surface area contributed by atoms with Crippen molar-refractivity contribution in [2.45, 2.75) is 25.8 Å². The van der Waals surface area contributed by atoms with Crippen LogP contribution in [-0.4, -0.2) is 43.6 Å². The highest BCUT2D eigenvalue weighted by Crippen LogP contribution is 2.27. The molecule has 3 rings (SSSR count). The average molecular weight is 441 g/mol. The van der Waals surface area contributed by atoms with Crippen LogP contribution in [0.2, 0.25) is 0 Å². The molecule has 2 aromatic rings. The van der Waals surface area contributed by atoms with Crippen molar-refractivity contribution in [1.29, 1.82) is 0 Å². The van der Waals surface area contributed by atoms with E-state index < -0.39 is 6.03 Å². The lowest BCUT2D eigenvalue weighted by molar-refractivity contribution is 0.0526. The van der Waals surface area contributed by atoms with Crippen molar-refractivity contribution < 1.29 is 19.1 Å². The van der Waals surface area contributed by atoms with Gasteiger partial charge in [-0.1, -0.05) is 11.8 Å². The summed E-state index contributed by atoms with van der Waals surface area (Å²) in [5, 5.41) is 8.73. The number of anilines is 1. The van der Waals surface area contributed by atoms with Crippen LogP contribution in [0, 0.1) is 11.8 Å². The predicted octanol–water partition coefficient (Wildman–Crippen LogP) is 2.30. The number of benzene rings is 1. The topological polar surface area (TPSA) is 123 Å². The molecular weight excluding hydrogens is 416 g/mol. The molecule has 1 saturated heterocycles. The van der Waals surface area contributed by atoms with E-state index in [1.165, 1.54) is 11.3 Å². The summed E-state index contributed by atoms with van der Waals surface area (Å²) in [6.07, 6.45) is 1.89. The Bertz CT molecular complexity index is 1010. The monoisotopic (exact) mass is 440 g/mol. The van der Waals surface area contributed by atoms with Crippen molar-refractivity contribution in [2.75, 3.05) is 25.0 Å². The highest BCUT2D eigenvalue weighted by molar-refractivity contribution is 7.15. The lowest BCUT2D eigenvalue weighted by atomic mass is 10.1. The molecule has 1 aliphatic heterocycles. The van der Waals surface area contributed by atoms with Gasteiger partial charge in [-0.15, -0.1) is 11.3 Å². The van der Waals surface area contributed by atoms with Gasteiger partial charge < -0.3 is 26.4 Å². The molecule has 5 N–H and O–H groups in total. The number of ether oxygens (including phenoxy) is 1. The minimum Gasteiger partial charge on any atom is -0.462 e. The fraction of sp³-hybridized carbons (Fsp3) is 0.318. The third-order valence-corrected chi connectivity index (χ3v) is 5.60. The van der Waals surface area contributed by atoms with E-state index in [0.717, 1.165) is 19.4 Å². The predicted molar refractivity (Wildman–Crippen MR) is 119 cm³/mol. The van der Waals surface area contributed by atoms with Gasteiger partial charge >= 0.3 is 12.0 Å². The SMILES string of the molecule is CCOC(=O)c1ccc(C#Cc2cc(NC(N)=O)c(C(=O)N[C@H]3CCCNC3)s2)cc1. The molecule has 1 aromatic carbocycles. The van der Waals surface area contributed by atoms with Gasteiger partial charge in [-0.2, -0.15) is 0 Å². The number of carbonyl (C=O) groups is 3. The molecule has 1 aromatic heterocycles. The third kappa shape index (κ3) is 6.31. The van der Waals surface area contributed by atoms with Gasteiger partial charge in [0.2, 0.25) is 0 Å². The van der Waals surface area contributed by atoms with Crippen molar-refractivity contribution in [1.82, 2.24) is 10.6 Å². The number of thiophene rings is 1. The van der Waals surface area contributed by atoms with Crippen molar-refractivity contribution in [3.05, 3.63) is 51.2 Å². The van der Waals surface area contributed by atoms with E-state index in [2.05, 4.69) is 27.8 Å². The van der Waals surface area contributed by atoms with Gasteiger partial charge in [-0.3, -0.25) is 4.79 Å². The van der Waals surface area contributed by atoms with Crippen LogP contribution in [0.15, 0.2) is 30.3 Å². The smallest absolute Gasteiger partial charge is 0.338 e. The number of esters is 1. The molecule has 1 fully saturated rings. The van der Waals surface area contributed by atoms with E-state index in [1.807, 2.05) is 0 Å². The minimum atomic E-state index is -0.750. The summed E-state index contributed by atoms with van der Waals surface area (Å²) in [5.41, 5.74) is 6.74. The van der Waals surface area contributed by atoms with E-state index in [-0.39, 0.29) is 17.9 Å². The molecule has 1 aliphatic rings. The second-order valence-electron chi connectivity index (χ2n) is 6.91. The van der Waals surface area contributed by atoms with Crippen LogP contribution in [0.1, 0.15) is 50.2 Å². The van der Waals surface area contributed by atoms with Crippen LogP contribution < -0.4 is 21.7 Å². The zero-order valence-corrected chi connectivity index (χ0v) is 17.9. The van der Waals surface area contributed by atoms with Gasteiger partial charge in [0.15, 0.2) is 0 Å². The summed E-state index contributed by atoms with van der Waals surface area (Å²) < 4.78 is 4.96. The Labute approximate surface area is 184 Å². The van der Waals surface area contributed by atoms with Gasteiger partial charge in [-0.05, 0) is 56.6 Å². The van der Waals surface area contributed by atoms with Crippen LogP contribution >= 0.6 is 11.3 Å². The summed E-state index contributed by atoms with van der Waals surface area (Å²) >= 11 is 1.18. The number of nitrogens with one attached hydrogen (secondary N) is 3. The molecule has 0 saturated carbocycles. The first kappa shape index (κ1) is 22.3. The van der Waals surface area contributed by atoms with E-state index >= 15 is 0 Å². The molecule has 162 valence electrons. The highest BCUT2D eigenvalue weighted by Gasteiger charge is 2.21. The summed E-state index contributed by atoms with van der Waals surface area (Å²) in [6, 6.07) is 7.65. The molecule has 0 aliphatic carbocycles. The number of rotatable bonds is 5. The second kappa shape index (κ2) is 10.6. The van der Waals surface area contributed by atoms with Gasteiger partial charge in [0.25, 0.3) is 5.91 Å². The van der Waals surface area contributed by atoms with Crippen LogP contribution in [0.5, 0.6) is 0 Å². The van der Waals surface area contributed by atoms with E-state index in [1.54, 1.807) is 37.3 Å². The maximum atomic E-state index is 12.7. The maximum Gasteiger partial charge on any atom is 0.338 e. The molecule has 8 nitrogen and oxygen atoms in total. The summed E-state index contributed by atoms with van der Waals surface area (Å²) in [6.45, 7) is 3.72. The number of carbonyl (C=O) groups excluding carboxylic acids is 3. The summed E-state index contributed by atoms with van der Waals surface area (Å²) in [7, 11) is 0. The Balaban J connectivity index is 1.76. The van der Waals surface area contributed by atoms with Crippen LogP contribution in [0.25, 0.3) is 0 Å². The molecule has 3 amide bonds. The lowest BCUT2D eigenvalue weighted by Gasteiger charge is -2.23. The Morgan fingerprint density at radius 1 is 1.26 bits per heavy atom. The van der Waals surface area contributed by atoms with Crippen molar-refractivity contribution in [3.8, 4) is 11.8 Å². The fourth-order valence-corrected chi connectivity index (χ4v) is 3.98. The number of hydrogen-bond acceptors (Lipinski definition) is 6. The zero-order valence-electron chi connectivity index (χ0n) is 17.1. The second-order valence-corrected chi connectivity index (χ2v) is 7.96. The number of piperidine rings is 1. The number of hydrogen-bond donors (Lipinski definition) is 4. The van der Waals surface area contributed by atoms with Crippen molar-refractivity contribution in [3.63, 3.8) is 0 Å². The van der Waals surface area contributed by atoms with E-state index in [0.29, 0.717) is 39.7 Å². The first-order valence-corrected chi connectivity index (χ1v) is 10.8. The highest BCUT2D eigenvalue weighted by atomic mass is 32.1. The van der Waals surface area contributed by atoms with Crippen LogP contribution in [-0.2, 0) is 4.74 Å². The van der Waals surface area contributed by atoms with Crippen LogP contribution in [0.3, 0.4) is 0 Å². The molecule has 9 heteroatoms. The summed E-state index contributed by atoms with van der Waals surface area (Å²) in [5.74, 6) is 5.34. The van der Waals surface area contributed by atoms with Crippen molar-refractivity contribution in [2.24, 2.45) is 5.73 Å². The Morgan fingerprint density at radius 2 is 2.03 bits per heavy atom. The molecule has 31 heavy (non-hydrogen) atoms. The number of primary amides is 1. The molecule has 0 radical (unpaired) electrons. The molecule has 2 heterocycles. The first-order valence-electron chi connectivity index (χ1n) is 9.97. The Morgan fingerprint density at radius 3 is 2.68 bits per heavy atom. The average Bonchev–Trinajstić information content (AvgIpc) is 3.15. The molecule has 1 atom stereocenters. The van der Waals surface area contributed by atoms with Gasteiger partial charge in [0, 0.05) is 18.2 Å². The quantitative estimate of drug-likeness (QED) is 0.420. The van der Waals surface area contributed by atoms with Gasteiger partial charge in [-0.25, -0.2) is 9.59 Å². The Hall–Kier alpha value is -3.35. The van der Waals surface area contributed by atoms with E-state index in [9.17, 15) is 14.4 Å². The van der Waals surface area contributed by atoms with Gasteiger partial charge in [0.1, 0.15) is 4.88 Å². The largest absolute Gasteiger partial charge is 0.462 e. The van der Waals surface area contributed by atoms with Crippen LogP contribution in [0.4, 0.5) is 10.5 Å². The standard InChI is InChI=1S/C22H24N4O4S/c1-2-30-21(28)15-8-5-14(6-9-15)7-10-17-12-18(26-22(23)29)19(31-17)20(27)25-16-4-3-11-24-13-16/h5-6,8-9,12,16,24H,2-4,11,13H2,1H3,(H,25,27)(H3,23,26,29)/t16-/m0/s1. The molecule has 0 spiro atoms. The zero-order chi connectivity index (χ0) is 22.2. The number of amides is 3.